The van der Waals surface area contributed by atoms with Gasteiger partial charge in [-0.05, 0) is 55.3 Å². The topological polar surface area (TPSA) is 83.6 Å². The minimum absolute atomic E-state index is 0.00868. The monoisotopic (exact) mass is 544 g/mol. The van der Waals surface area contributed by atoms with Crippen molar-refractivity contribution in [2.24, 2.45) is 0 Å². The van der Waals surface area contributed by atoms with Gasteiger partial charge < -0.3 is 34.2 Å². The Labute approximate surface area is 235 Å². The predicted molar refractivity (Wildman–Crippen MR) is 156 cm³/mol. The number of carbonyl (C=O) groups is 2. The minimum Gasteiger partial charge on any atom is -0.496 e. The van der Waals surface area contributed by atoms with Crippen LogP contribution in [0.2, 0.25) is 0 Å². The van der Waals surface area contributed by atoms with Gasteiger partial charge in [0.2, 0.25) is 0 Å². The van der Waals surface area contributed by atoms with Crippen LogP contribution in [0, 0.1) is 0 Å². The van der Waals surface area contributed by atoms with Gasteiger partial charge in [-0.1, -0.05) is 18.2 Å². The van der Waals surface area contributed by atoms with Crippen LogP contribution in [0.25, 0.3) is 0 Å². The van der Waals surface area contributed by atoms with Gasteiger partial charge in [-0.3, -0.25) is 9.59 Å². The van der Waals surface area contributed by atoms with E-state index in [0.29, 0.717) is 28.3 Å². The second kappa shape index (κ2) is 12.2. The van der Waals surface area contributed by atoms with Crippen LogP contribution >= 0.6 is 0 Å². The normalized spacial score (nSPS) is 15.1. The van der Waals surface area contributed by atoms with Gasteiger partial charge in [0.1, 0.15) is 22.8 Å². The maximum Gasteiger partial charge on any atom is 0.263 e. The quantitative estimate of drug-likeness (QED) is 0.446. The summed E-state index contributed by atoms with van der Waals surface area (Å²) in [6.07, 6.45) is 2.01. The van der Waals surface area contributed by atoms with Crippen molar-refractivity contribution in [2.45, 2.75) is 12.8 Å². The molecule has 9 nitrogen and oxygen atoms in total. The molecule has 1 N–H and O–H groups in total. The zero-order valence-corrected chi connectivity index (χ0v) is 23.3. The number of nitrogens with zero attached hydrogens (tertiary/aromatic N) is 3. The highest BCUT2D eigenvalue weighted by Crippen LogP contribution is 2.33. The highest BCUT2D eigenvalue weighted by molar-refractivity contribution is 6.09. The standard InChI is InChI=1S/C31H36N4O5/c1-38-26-10-5-4-9-25(26)34-19-17-33(18-20-34)24-14-13-22(21-23(24)31(37)35-15-6-7-16-35)32-30(36)29-27(39-2)11-8-12-28(29)40-3/h4-5,8-14,21H,6-7,15-20H2,1-3H3,(H,32,36). The number of para-hydroxylation sites is 2. The Hall–Kier alpha value is -4.40. The molecule has 0 atom stereocenters. The molecule has 2 aliphatic heterocycles. The third-order valence-electron chi connectivity index (χ3n) is 7.58. The first kappa shape index (κ1) is 27.2. The van der Waals surface area contributed by atoms with Crippen LogP contribution in [0.4, 0.5) is 17.1 Å². The third-order valence-corrected chi connectivity index (χ3v) is 7.58. The number of carbonyl (C=O) groups excluding carboxylic acids is 2. The number of benzene rings is 3. The molecule has 210 valence electrons. The maximum atomic E-state index is 13.7. The summed E-state index contributed by atoms with van der Waals surface area (Å²) in [6.45, 7) is 4.59. The van der Waals surface area contributed by atoms with Crippen LogP contribution < -0.4 is 29.3 Å². The summed E-state index contributed by atoms with van der Waals surface area (Å²) >= 11 is 0. The Bertz CT molecular complexity index is 1340. The molecule has 3 aromatic rings. The highest BCUT2D eigenvalue weighted by Gasteiger charge is 2.27. The summed E-state index contributed by atoms with van der Waals surface area (Å²) in [5.74, 6) is 1.30. The summed E-state index contributed by atoms with van der Waals surface area (Å²) in [7, 11) is 4.72. The Balaban J connectivity index is 1.40. The van der Waals surface area contributed by atoms with E-state index in [-0.39, 0.29) is 11.8 Å². The molecule has 0 aliphatic carbocycles. The number of hydrogen-bond acceptors (Lipinski definition) is 7. The summed E-state index contributed by atoms with van der Waals surface area (Å²) < 4.78 is 16.4. The maximum absolute atomic E-state index is 13.7. The fourth-order valence-corrected chi connectivity index (χ4v) is 5.50. The second-order valence-electron chi connectivity index (χ2n) is 9.87. The highest BCUT2D eigenvalue weighted by atomic mass is 16.5. The summed E-state index contributed by atoms with van der Waals surface area (Å²) in [5, 5.41) is 2.95. The number of rotatable bonds is 8. The lowest BCUT2D eigenvalue weighted by molar-refractivity contribution is 0.0793. The van der Waals surface area contributed by atoms with Crippen molar-refractivity contribution in [3.05, 3.63) is 71.8 Å². The molecule has 3 aromatic carbocycles. The number of likely N-dealkylation sites (tertiary alicyclic amines) is 1. The summed E-state index contributed by atoms with van der Waals surface area (Å²) in [4.78, 5) is 33.5. The van der Waals surface area contributed by atoms with Crippen molar-refractivity contribution in [3.63, 3.8) is 0 Å². The van der Waals surface area contributed by atoms with E-state index >= 15 is 0 Å². The van der Waals surface area contributed by atoms with Crippen molar-refractivity contribution in [1.29, 1.82) is 0 Å². The molecule has 9 heteroatoms. The van der Waals surface area contributed by atoms with E-state index in [1.165, 1.54) is 14.2 Å². The van der Waals surface area contributed by atoms with E-state index in [0.717, 1.165) is 69.2 Å². The zero-order valence-electron chi connectivity index (χ0n) is 23.3. The van der Waals surface area contributed by atoms with Crippen LogP contribution in [0.3, 0.4) is 0 Å². The van der Waals surface area contributed by atoms with Crippen molar-refractivity contribution in [1.82, 2.24) is 4.90 Å². The fraction of sp³-hybridized carbons (Fsp3) is 0.355. The van der Waals surface area contributed by atoms with Gasteiger partial charge in [-0.15, -0.1) is 0 Å². The summed E-state index contributed by atoms with van der Waals surface area (Å²) in [6, 6.07) is 18.8. The Morgan fingerprint density at radius 2 is 1.25 bits per heavy atom. The van der Waals surface area contributed by atoms with Crippen molar-refractivity contribution in [3.8, 4) is 17.2 Å². The van der Waals surface area contributed by atoms with Gasteiger partial charge in [0.05, 0.1) is 32.6 Å². The molecule has 0 radical (unpaired) electrons. The number of amides is 2. The third kappa shape index (κ3) is 5.50. The van der Waals surface area contributed by atoms with E-state index in [4.69, 9.17) is 14.2 Å². The van der Waals surface area contributed by atoms with Gasteiger partial charge in [0, 0.05) is 50.6 Å². The number of anilines is 3. The van der Waals surface area contributed by atoms with Crippen LogP contribution in [-0.2, 0) is 0 Å². The molecule has 2 saturated heterocycles. The molecule has 40 heavy (non-hydrogen) atoms. The molecule has 0 bridgehead atoms. The molecule has 2 fully saturated rings. The van der Waals surface area contributed by atoms with Gasteiger partial charge in [-0.25, -0.2) is 0 Å². The van der Waals surface area contributed by atoms with Crippen LogP contribution in [0.5, 0.6) is 17.2 Å². The SMILES string of the molecule is COc1ccccc1N1CCN(c2ccc(NC(=O)c3c(OC)cccc3OC)cc2C(=O)N2CCCC2)CC1. The van der Waals surface area contributed by atoms with Crippen LogP contribution in [0.15, 0.2) is 60.7 Å². The molecule has 2 aliphatic rings. The summed E-state index contributed by atoms with van der Waals surface area (Å²) in [5.41, 5.74) is 3.39. The lowest BCUT2D eigenvalue weighted by atomic mass is 10.1. The number of piperazine rings is 1. The molecule has 0 aromatic heterocycles. The van der Waals surface area contributed by atoms with Gasteiger partial charge in [-0.2, -0.15) is 0 Å². The first-order valence-electron chi connectivity index (χ1n) is 13.6. The number of nitrogens with one attached hydrogen (secondary N) is 1. The lowest BCUT2D eigenvalue weighted by Gasteiger charge is -2.38. The first-order chi connectivity index (χ1) is 19.5. The lowest BCUT2D eigenvalue weighted by Crippen LogP contribution is -2.47. The Morgan fingerprint density at radius 3 is 1.88 bits per heavy atom. The van der Waals surface area contributed by atoms with E-state index in [9.17, 15) is 9.59 Å². The largest absolute Gasteiger partial charge is 0.496 e. The molecular weight excluding hydrogens is 508 g/mol. The molecule has 0 saturated carbocycles. The molecule has 0 spiro atoms. The zero-order chi connectivity index (χ0) is 28.1. The minimum atomic E-state index is -0.368. The first-order valence-corrected chi connectivity index (χ1v) is 13.6. The van der Waals surface area contributed by atoms with E-state index in [2.05, 4.69) is 21.2 Å². The van der Waals surface area contributed by atoms with Crippen molar-refractivity contribution < 1.29 is 23.8 Å². The molecule has 0 unspecified atom stereocenters. The predicted octanol–water partition coefficient (Wildman–Crippen LogP) is 4.53. The molecule has 2 heterocycles. The van der Waals surface area contributed by atoms with Crippen LogP contribution in [-0.4, -0.2) is 77.3 Å². The van der Waals surface area contributed by atoms with Gasteiger partial charge >= 0.3 is 0 Å². The Kier molecular flexibility index (Phi) is 8.28. The average molecular weight is 545 g/mol. The molecule has 5 rings (SSSR count). The Morgan fingerprint density at radius 1 is 0.675 bits per heavy atom. The molecule has 2 amide bonds. The van der Waals surface area contributed by atoms with Crippen molar-refractivity contribution in [2.75, 3.05) is 75.7 Å². The smallest absolute Gasteiger partial charge is 0.263 e. The average Bonchev–Trinajstić information content (AvgIpc) is 3.55. The van der Waals surface area contributed by atoms with Crippen molar-refractivity contribution >= 4 is 28.9 Å². The fourth-order valence-electron chi connectivity index (χ4n) is 5.50. The van der Waals surface area contributed by atoms with E-state index in [1.807, 2.05) is 35.2 Å². The number of hydrogen-bond donors (Lipinski definition) is 1. The molecular formula is C31H36N4O5. The van der Waals surface area contributed by atoms with E-state index < -0.39 is 0 Å². The van der Waals surface area contributed by atoms with Crippen LogP contribution in [0.1, 0.15) is 33.6 Å². The number of methoxy groups -OCH3 is 3. The van der Waals surface area contributed by atoms with Gasteiger partial charge in [0.25, 0.3) is 11.8 Å². The van der Waals surface area contributed by atoms with E-state index in [1.54, 1.807) is 31.4 Å². The second-order valence-corrected chi connectivity index (χ2v) is 9.87. The van der Waals surface area contributed by atoms with Gasteiger partial charge in [0.15, 0.2) is 0 Å². The number of ether oxygens (including phenoxy) is 3.